The molecular weight excluding hydrogens is 415 g/mol. The van der Waals surface area contributed by atoms with Crippen LogP contribution in [0.25, 0.3) is 0 Å². The van der Waals surface area contributed by atoms with Crippen LogP contribution >= 0.6 is 0 Å². The van der Waals surface area contributed by atoms with Gasteiger partial charge < -0.3 is 24.3 Å². The monoisotopic (exact) mass is 454 g/mol. The zero-order valence-corrected chi connectivity index (χ0v) is 21.2. The number of fused-ring (bicyclic) bond motifs is 1. The van der Waals surface area contributed by atoms with Crippen molar-refractivity contribution in [1.82, 2.24) is 5.32 Å². The van der Waals surface area contributed by atoms with Gasteiger partial charge in [-0.25, -0.2) is 0 Å². The van der Waals surface area contributed by atoms with Gasteiger partial charge in [0.2, 0.25) is 5.91 Å². The lowest BCUT2D eigenvalue weighted by Gasteiger charge is -2.45. The van der Waals surface area contributed by atoms with Crippen LogP contribution in [0.5, 0.6) is 0 Å². The van der Waals surface area contributed by atoms with Gasteiger partial charge in [-0.1, -0.05) is 19.1 Å². The number of anilines is 1. The molecule has 0 bridgehead atoms. The minimum absolute atomic E-state index is 0.200. The molecule has 3 heterocycles. The van der Waals surface area contributed by atoms with Crippen LogP contribution in [-0.2, 0) is 24.3 Å². The number of carbonyl (C=O) groups excluding carboxylic acids is 1. The maximum Gasteiger partial charge on any atom is 0.494 e. The number of benzene rings is 1. The van der Waals surface area contributed by atoms with Crippen molar-refractivity contribution in [3.63, 3.8) is 0 Å². The number of ether oxygens (including phenoxy) is 1. The van der Waals surface area contributed by atoms with Gasteiger partial charge in [-0.05, 0) is 83.8 Å². The summed E-state index contributed by atoms with van der Waals surface area (Å²) in [7, 11) is -0.424. The first-order valence-corrected chi connectivity index (χ1v) is 12.6. The summed E-state index contributed by atoms with van der Waals surface area (Å²) < 4.78 is 18.2. The highest BCUT2D eigenvalue weighted by Gasteiger charge is 2.53. The Hall–Kier alpha value is -1.41. The quantitative estimate of drug-likeness (QED) is 0.709. The molecule has 6 nitrogen and oxygen atoms in total. The van der Waals surface area contributed by atoms with Crippen LogP contribution in [0.1, 0.15) is 73.3 Å². The van der Waals surface area contributed by atoms with Crippen molar-refractivity contribution in [2.75, 3.05) is 18.1 Å². The fourth-order valence-electron chi connectivity index (χ4n) is 5.66. The number of carbonyl (C=O) groups is 1. The summed E-state index contributed by atoms with van der Waals surface area (Å²) in [6, 6.07) is 7.51. The molecule has 180 valence electrons. The lowest BCUT2D eigenvalue weighted by Crippen LogP contribution is -2.58. The van der Waals surface area contributed by atoms with E-state index in [1.165, 1.54) is 0 Å². The van der Waals surface area contributed by atoms with Gasteiger partial charge in [0.1, 0.15) is 0 Å². The van der Waals surface area contributed by atoms with Crippen LogP contribution < -0.4 is 15.7 Å². The van der Waals surface area contributed by atoms with Gasteiger partial charge in [-0.3, -0.25) is 4.79 Å². The van der Waals surface area contributed by atoms with Gasteiger partial charge in [0.05, 0.1) is 23.2 Å². The summed E-state index contributed by atoms with van der Waals surface area (Å²) in [4.78, 5) is 15.6. The molecule has 0 radical (unpaired) electrons. The van der Waals surface area contributed by atoms with Crippen molar-refractivity contribution in [3.05, 3.63) is 23.8 Å². The Morgan fingerprint density at radius 2 is 1.73 bits per heavy atom. The molecule has 7 heteroatoms. The maximum absolute atomic E-state index is 13.5. The minimum atomic E-state index is -0.516. The summed E-state index contributed by atoms with van der Waals surface area (Å²) in [5.74, 6) is 0.736. The predicted molar refractivity (Wildman–Crippen MR) is 131 cm³/mol. The van der Waals surface area contributed by atoms with Gasteiger partial charge >= 0.3 is 7.12 Å². The van der Waals surface area contributed by atoms with Crippen molar-refractivity contribution in [3.8, 4) is 0 Å². The first-order chi connectivity index (χ1) is 15.4. The summed E-state index contributed by atoms with van der Waals surface area (Å²) in [6.07, 6.45) is 3.05. The average Bonchev–Trinajstić information content (AvgIpc) is 3.05. The van der Waals surface area contributed by atoms with Crippen LogP contribution in [0.2, 0.25) is 0 Å². The van der Waals surface area contributed by atoms with E-state index in [4.69, 9.17) is 14.0 Å². The molecule has 1 aliphatic carbocycles. The zero-order valence-electron chi connectivity index (χ0n) is 21.2. The molecule has 1 amide bonds. The maximum atomic E-state index is 13.5. The number of nitrogens with one attached hydrogen (secondary N) is 1. The molecule has 3 aliphatic heterocycles. The van der Waals surface area contributed by atoms with E-state index < -0.39 is 12.5 Å². The van der Waals surface area contributed by atoms with Gasteiger partial charge in [0.25, 0.3) is 0 Å². The standard InChI is InChI=1S/C26H39BN2O4/c1-16-15-31-11-10-21(16)28-18-13-19(14-18)29-22-12-17(8-9-20(22)24(2,3)23(29)30)27-32-25(4,5)26(6,7)33-27/h8-9,12,16,18-19,21,28H,10-11,13-15H2,1-7H3/t16-,18?,19?,21+/m0/s1. The summed E-state index contributed by atoms with van der Waals surface area (Å²) in [5, 5.41) is 3.83. The Labute approximate surface area is 198 Å². The molecule has 1 aromatic carbocycles. The third-order valence-electron chi connectivity index (χ3n) is 8.80. The lowest BCUT2D eigenvalue weighted by molar-refractivity contribution is -0.123. The normalized spacial score (nSPS) is 34.3. The van der Waals surface area contributed by atoms with Gasteiger partial charge in [0.15, 0.2) is 0 Å². The van der Waals surface area contributed by atoms with Crippen molar-refractivity contribution in [2.45, 2.75) is 102 Å². The number of nitrogens with zero attached hydrogens (tertiary/aromatic N) is 1. The third-order valence-corrected chi connectivity index (χ3v) is 8.80. The molecule has 5 rings (SSSR count). The highest BCUT2D eigenvalue weighted by atomic mass is 16.7. The first kappa shape index (κ1) is 23.3. The number of rotatable bonds is 4. The van der Waals surface area contributed by atoms with E-state index in [1.54, 1.807) is 0 Å². The fraction of sp³-hybridized carbons (Fsp3) is 0.731. The van der Waals surface area contributed by atoms with Crippen molar-refractivity contribution < 1.29 is 18.8 Å². The number of hydrogen-bond donors (Lipinski definition) is 1. The van der Waals surface area contributed by atoms with Crippen LogP contribution in [0.3, 0.4) is 0 Å². The van der Waals surface area contributed by atoms with Gasteiger partial charge in [0, 0.05) is 30.4 Å². The topological polar surface area (TPSA) is 60.0 Å². The largest absolute Gasteiger partial charge is 0.494 e. The molecule has 1 N–H and O–H groups in total. The van der Waals surface area contributed by atoms with E-state index >= 15 is 0 Å². The van der Waals surface area contributed by atoms with Gasteiger partial charge in [-0.2, -0.15) is 0 Å². The Morgan fingerprint density at radius 1 is 1.06 bits per heavy atom. The van der Waals surface area contributed by atoms with E-state index in [0.717, 1.165) is 49.2 Å². The second-order valence-corrected chi connectivity index (χ2v) is 12.1. The molecule has 0 aromatic heterocycles. The predicted octanol–water partition coefficient (Wildman–Crippen LogP) is 3.16. The molecule has 0 spiro atoms. The molecule has 2 saturated heterocycles. The second-order valence-electron chi connectivity index (χ2n) is 12.1. The molecule has 2 atom stereocenters. The molecule has 33 heavy (non-hydrogen) atoms. The number of hydrogen-bond acceptors (Lipinski definition) is 5. The smallest absolute Gasteiger partial charge is 0.399 e. The highest BCUT2D eigenvalue weighted by molar-refractivity contribution is 6.62. The van der Waals surface area contributed by atoms with Crippen molar-refractivity contribution in [2.24, 2.45) is 5.92 Å². The second kappa shape index (κ2) is 7.80. The lowest BCUT2D eigenvalue weighted by atomic mass is 9.76. The van der Waals surface area contributed by atoms with Crippen LogP contribution in [0, 0.1) is 5.92 Å². The third kappa shape index (κ3) is 3.76. The van der Waals surface area contributed by atoms with Crippen molar-refractivity contribution >= 4 is 24.2 Å². The van der Waals surface area contributed by atoms with E-state index in [2.05, 4.69) is 63.0 Å². The summed E-state index contributed by atoms with van der Waals surface area (Å²) in [5.41, 5.74) is 1.81. The Morgan fingerprint density at radius 3 is 2.36 bits per heavy atom. The zero-order chi connectivity index (χ0) is 23.8. The minimum Gasteiger partial charge on any atom is -0.399 e. The average molecular weight is 454 g/mol. The van der Waals surface area contributed by atoms with Gasteiger partial charge in [-0.15, -0.1) is 0 Å². The Balaban J connectivity index is 1.34. The molecule has 1 saturated carbocycles. The van der Waals surface area contributed by atoms with E-state index in [-0.39, 0.29) is 23.2 Å². The highest BCUT2D eigenvalue weighted by Crippen LogP contribution is 2.46. The number of amides is 1. The Kier molecular flexibility index (Phi) is 5.52. The van der Waals surface area contributed by atoms with E-state index in [0.29, 0.717) is 18.0 Å². The molecule has 1 aromatic rings. The molecule has 0 unspecified atom stereocenters. The van der Waals surface area contributed by atoms with E-state index in [9.17, 15) is 4.79 Å². The van der Waals surface area contributed by atoms with Crippen molar-refractivity contribution in [1.29, 1.82) is 0 Å². The summed E-state index contributed by atoms with van der Waals surface area (Å²) in [6.45, 7) is 16.3. The Bertz CT molecular complexity index is 924. The van der Waals surface area contributed by atoms with Crippen LogP contribution in [0.15, 0.2) is 18.2 Å². The molecule has 3 fully saturated rings. The first-order valence-electron chi connectivity index (χ1n) is 12.6. The molecular formula is C26H39BN2O4. The van der Waals surface area contributed by atoms with Crippen LogP contribution in [-0.4, -0.2) is 55.6 Å². The fourth-order valence-corrected chi connectivity index (χ4v) is 5.66. The molecule has 4 aliphatic rings. The van der Waals surface area contributed by atoms with E-state index in [1.807, 2.05) is 13.8 Å². The van der Waals surface area contributed by atoms with Crippen LogP contribution in [0.4, 0.5) is 5.69 Å². The SMILES string of the molecule is C[C@H]1COCC[C@H]1NC1CC(N2C(=O)C(C)(C)c3ccc(B4OC(C)(C)C(C)(C)O4)cc32)C1. The summed E-state index contributed by atoms with van der Waals surface area (Å²) >= 11 is 0.